The van der Waals surface area contributed by atoms with Gasteiger partial charge in [-0.05, 0) is 36.9 Å². The Balaban J connectivity index is 1.77. The van der Waals surface area contributed by atoms with Crippen molar-refractivity contribution in [3.8, 4) is 5.75 Å². The third kappa shape index (κ3) is 5.50. The van der Waals surface area contributed by atoms with Crippen molar-refractivity contribution in [2.45, 2.75) is 12.6 Å². The van der Waals surface area contributed by atoms with Gasteiger partial charge in [0.05, 0.1) is 5.02 Å². The summed E-state index contributed by atoms with van der Waals surface area (Å²) in [7, 11) is 1.95. The lowest BCUT2D eigenvalue weighted by atomic mass is 10.2. The van der Waals surface area contributed by atoms with Crippen molar-refractivity contribution >= 4 is 23.2 Å². The number of halogens is 2. The minimum Gasteiger partial charge on any atom is -0.489 e. The minimum absolute atomic E-state index is 0.203. The number of likely N-dealkylation sites (N-methyl/N-ethyl adjacent to an activating group) is 1. The first-order valence-electron chi connectivity index (χ1n) is 7.03. The van der Waals surface area contributed by atoms with Crippen molar-refractivity contribution in [1.82, 2.24) is 4.90 Å². The Morgan fingerprint density at radius 1 is 1.09 bits per heavy atom. The Hall–Kier alpha value is -1.26. The predicted molar refractivity (Wildman–Crippen MR) is 90.7 cm³/mol. The Morgan fingerprint density at radius 2 is 1.77 bits per heavy atom. The third-order valence-electron chi connectivity index (χ3n) is 3.16. The highest BCUT2D eigenvalue weighted by molar-refractivity contribution is 6.32. The van der Waals surface area contributed by atoms with Gasteiger partial charge in [0.2, 0.25) is 0 Å². The summed E-state index contributed by atoms with van der Waals surface area (Å²) in [4.78, 5) is 2.03. The molecule has 2 rings (SSSR count). The summed E-state index contributed by atoms with van der Waals surface area (Å²) in [6.45, 7) is 1.45. The van der Waals surface area contributed by atoms with E-state index < -0.39 is 6.10 Å². The first-order valence-corrected chi connectivity index (χ1v) is 7.78. The Labute approximate surface area is 141 Å². The van der Waals surface area contributed by atoms with Crippen LogP contribution in [0, 0.1) is 0 Å². The lowest BCUT2D eigenvalue weighted by molar-refractivity contribution is 0.0744. The van der Waals surface area contributed by atoms with E-state index in [1.807, 2.05) is 48.3 Å². The lowest BCUT2D eigenvalue weighted by Crippen LogP contribution is -2.32. The number of hydrogen-bond donors (Lipinski definition) is 1. The molecule has 0 spiro atoms. The van der Waals surface area contributed by atoms with Gasteiger partial charge in [-0.25, -0.2) is 0 Å². The second-order valence-corrected chi connectivity index (χ2v) is 6.06. The zero-order chi connectivity index (χ0) is 15.9. The summed E-state index contributed by atoms with van der Waals surface area (Å²) >= 11 is 11.9. The van der Waals surface area contributed by atoms with E-state index in [0.29, 0.717) is 17.3 Å². The molecule has 118 valence electrons. The maximum Gasteiger partial charge on any atom is 0.138 e. The molecule has 0 heterocycles. The zero-order valence-corrected chi connectivity index (χ0v) is 13.9. The zero-order valence-electron chi connectivity index (χ0n) is 12.4. The smallest absolute Gasteiger partial charge is 0.138 e. The summed E-state index contributed by atoms with van der Waals surface area (Å²) in [6.07, 6.45) is -0.589. The average molecular weight is 340 g/mol. The summed E-state index contributed by atoms with van der Waals surface area (Å²) in [6, 6.07) is 14.9. The van der Waals surface area contributed by atoms with Crippen molar-refractivity contribution in [3.63, 3.8) is 0 Å². The van der Waals surface area contributed by atoms with Crippen LogP contribution in [-0.4, -0.2) is 36.3 Å². The molecule has 3 nitrogen and oxygen atoms in total. The van der Waals surface area contributed by atoms with Gasteiger partial charge in [0.1, 0.15) is 18.5 Å². The largest absolute Gasteiger partial charge is 0.489 e. The Morgan fingerprint density at radius 3 is 2.45 bits per heavy atom. The molecule has 0 fully saturated rings. The predicted octanol–water partition coefficient (Wildman–Crippen LogP) is 3.87. The molecule has 22 heavy (non-hydrogen) atoms. The fourth-order valence-corrected chi connectivity index (χ4v) is 2.44. The van der Waals surface area contributed by atoms with E-state index in [9.17, 15) is 5.11 Å². The number of aliphatic hydroxyl groups excluding tert-OH is 1. The number of para-hydroxylation sites is 1. The Kier molecular flexibility index (Phi) is 6.52. The van der Waals surface area contributed by atoms with Crippen LogP contribution in [0.4, 0.5) is 0 Å². The Bertz CT molecular complexity index is 589. The van der Waals surface area contributed by atoms with Gasteiger partial charge < -0.3 is 9.84 Å². The SMILES string of the molecule is CN(Cc1ccc(Cl)cc1)CC(O)COc1ccccc1Cl. The standard InChI is InChI=1S/C17H19Cl2NO2/c1-20(10-13-6-8-14(18)9-7-13)11-15(21)12-22-17-5-3-2-4-16(17)19/h2-9,15,21H,10-12H2,1H3. The molecule has 1 N–H and O–H groups in total. The first-order chi connectivity index (χ1) is 10.5. The molecule has 1 unspecified atom stereocenters. The van der Waals surface area contributed by atoms with Crippen molar-refractivity contribution in [2.24, 2.45) is 0 Å². The van der Waals surface area contributed by atoms with Gasteiger partial charge in [-0.1, -0.05) is 47.5 Å². The van der Waals surface area contributed by atoms with Crippen LogP contribution < -0.4 is 4.74 Å². The van der Waals surface area contributed by atoms with E-state index in [0.717, 1.165) is 17.1 Å². The molecular formula is C17H19Cl2NO2. The molecular weight excluding hydrogens is 321 g/mol. The van der Waals surface area contributed by atoms with Gasteiger partial charge in [0, 0.05) is 18.1 Å². The normalized spacial score (nSPS) is 12.4. The highest BCUT2D eigenvalue weighted by atomic mass is 35.5. The summed E-state index contributed by atoms with van der Waals surface area (Å²) in [5, 5.41) is 11.3. The van der Waals surface area contributed by atoms with Gasteiger partial charge in [-0.15, -0.1) is 0 Å². The highest BCUT2D eigenvalue weighted by Crippen LogP contribution is 2.23. The van der Waals surface area contributed by atoms with E-state index >= 15 is 0 Å². The number of benzene rings is 2. The van der Waals surface area contributed by atoms with Crippen molar-refractivity contribution < 1.29 is 9.84 Å². The third-order valence-corrected chi connectivity index (χ3v) is 3.72. The number of nitrogens with zero attached hydrogens (tertiary/aromatic N) is 1. The van der Waals surface area contributed by atoms with Gasteiger partial charge in [0.25, 0.3) is 0 Å². The fraction of sp³-hybridized carbons (Fsp3) is 0.294. The van der Waals surface area contributed by atoms with Gasteiger partial charge in [0.15, 0.2) is 0 Å². The molecule has 0 aromatic heterocycles. The van der Waals surface area contributed by atoms with Crippen LogP contribution in [0.5, 0.6) is 5.75 Å². The van der Waals surface area contributed by atoms with Gasteiger partial charge in [-0.3, -0.25) is 4.90 Å². The first kappa shape index (κ1) is 17.1. The average Bonchev–Trinajstić information content (AvgIpc) is 2.49. The molecule has 0 bridgehead atoms. The molecule has 0 aliphatic carbocycles. The van der Waals surface area contributed by atoms with Crippen LogP contribution in [0.1, 0.15) is 5.56 Å². The van der Waals surface area contributed by atoms with Crippen LogP contribution in [-0.2, 0) is 6.54 Å². The number of ether oxygens (including phenoxy) is 1. The molecule has 0 aliphatic heterocycles. The quantitative estimate of drug-likeness (QED) is 0.831. The topological polar surface area (TPSA) is 32.7 Å². The van der Waals surface area contributed by atoms with E-state index in [1.165, 1.54) is 0 Å². The molecule has 0 amide bonds. The fourth-order valence-electron chi connectivity index (χ4n) is 2.13. The minimum atomic E-state index is -0.589. The van der Waals surface area contributed by atoms with Gasteiger partial charge in [-0.2, -0.15) is 0 Å². The number of rotatable bonds is 7. The van der Waals surface area contributed by atoms with E-state index in [2.05, 4.69) is 0 Å². The van der Waals surface area contributed by atoms with Crippen LogP contribution in [0.15, 0.2) is 48.5 Å². The molecule has 0 radical (unpaired) electrons. The molecule has 2 aromatic carbocycles. The number of hydrogen-bond acceptors (Lipinski definition) is 3. The maximum atomic E-state index is 10.1. The van der Waals surface area contributed by atoms with Gasteiger partial charge >= 0.3 is 0 Å². The second kappa shape index (κ2) is 8.39. The van der Waals surface area contributed by atoms with Crippen LogP contribution in [0.3, 0.4) is 0 Å². The van der Waals surface area contributed by atoms with E-state index in [-0.39, 0.29) is 6.61 Å². The van der Waals surface area contributed by atoms with Crippen LogP contribution >= 0.6 is 23.2 Å². The number of aliphatic hydroxyl groups is 1. The molecule has 0 saturated carbocycles. The molecule has 2 aromatic rings. The second-order valence-electron chi connectivity index (χ2n) is 5.22. The van der Waals surface area contributed by atoms with E-state index in [4.69, 9.17) is 27.9 Å². The summed E-state index contributed by atoms with van der Waals surface area (Å²) in [5.41, 5.74) is 1.14. The lowest BCUT2D eigenvalue weighted by Gasteiger charge is -2.21. The molecule has 0 aliphatic rings. The van der Waals surface area contributed by atoms with Crippen molar-refractivity contribution in [2.75, 3.05) is 20.2 Å². The van der Waals surface area contributed by atoms with Crippen molar-refractivity contribution in [1.29, 1.82) is 0 Å². The van der Waals surface area contributed by atoms with Crippen LogP contribution in [0.25, 0.3) is 0 Å². The monoisotopic (exact) mass is 339 g/mol. The van der Waals surface area contributed by atoms with Crippen molar-refractivity contribution in [3.05, 3.63) is 64.1 Å². The highest BCUT2D eigenvalue weighted by Gasteiger charge is 2.10. The summed E-state index contributed by atoms with van der Waals surface area (Å²) in [5.74, 6) is 0.587. The molecule has 0 saturated heterocycles. The molecule has 1 atom stereocenters. The van der Waals surface area contributed by atoms with Crippen LogP contribution in [0.2, 0.25) is 10.0 Å². The van der Waals surface area contributed by atoms with E-state index in [1.54, 1.807) is 12.1 Å². The molecule has 5 heteroatoms. The maximum absolute atomic E-state index is 10.1. The summed E-state index contributed by atoms with van der Waals surface area (Å²) < 4.78 is 5.54.